The van der Waals surface area contributed by atoms with Gasteiger partial charge in [-0.25, -0.2) is 15.0 Å². The van der Waals surface area contributed by atoms with Gasteiger partial charge in [-0.2, -0.15) is 0 Å². The number of pyridine rings is 2. The minimum absolute atomic E-state index is 0.627. The van der Waals surface area contributed by atoms with Crippen LogP contribution in [0.4, 0.5) is 0 Å². The van der Waals surface area contributed by atoms with Crippen molar-refractivity contribution in [3.8, 4) is 56.4 Å². The monoisotopic (exact) mass is 663 g/mol. The smallest absolute Gasteiger partial charge is 0.164 e. The van der Waals surface area contributed by atoms with Crippen molar-refractivity contribution < 1.29 is 0 Å². The second-order valence-corrected chi connectivity index (χ2v) is 13.1. The quantitative estimate of drug-likeness (QED) is 0.171. The minimum atomic E-state index is 0.627. The van der Waals surface area contributed by atoms with Crippen molar-refractivity contribution in [1.82, 2.24) is 24.9 Å². The predicted octanol–water partition coefficient (Wildman–Crippen LogP) is 11.6. The van der Waals surface area contributed by atoms with Crippen LogP contribution in [0.5, 0.6) is 0 Å². The second-order valence-electron chi connectivity index (χ2n) is 13.1. The maximum atomic E-state index is 5.07. The van der Waals surface area contributed by atoms with Crippen LogP contribution in [-0.2, 0) is 0 Å². The lowest BCUT2D eigenvalue weighted by atomic mass is 10.0. The van der Waals surface area contributed by atoms with Gasteiger partial charge in [-0.3, -0.25) is 9.97 Å². The summed E-state index contributed by atoms with van der Waals surface area (Å²) in [7, 11) is 0. The summed E-state index contributed by atoms with van der Waals surface area (Å²) in [5, 5.41) is 9.32. The van der Waals surface area contributed by atoms with Gasteiger partial charge in [0.1, 0.15) is 0 Å². The van der Waals surface area contributed by atoms with Crippen LogP contribution in [0.3, 0.4) is 0 Å². The fourth-order valence-electron chi connectivity index (χ4n) is 6.99. The molecule has 0 saturated heterocycles. The minimum Gasteiger partial charge on any atom is -0.264 e. The molecule has 3 aromatic heterocycles. The van der Waals surface area contributed by atoms with E-state index in [4.69, 9.17) is 15.0 Å². The normalized spacial score (nSPS) is 11.5. The molecule has 0 fully saturated rings. The highest BCUT2D eigenvalue weighted by Crippen LogP contribution is 2.32. The Labute approximate surface area is 300 Å². The summed E-state index contributed by atoms with van der Waals surface area (Å²) in [6, 6.07) is 53.3. The van der Waals surface area contributed by atoms with E-state index in [0.717, 1.165) is 65.9 Å². The first-order chi connectivity index (χ1) is 25.7. The van der Waals surface area contributed by atoms with E-state index in [2.05, 4.69) is 149 Å². The highest BCUT2D eigenvalue weighted by Gasteiger charge is 2.14. The van der Waals surface area contributed by atoms with Crippen LogP contribution in [0.1, 0.15) is 0 Å². The average molecular weight is 664 g/mol. The molecular formula is C47H29N5. The summed E-state index contributed by atoms with van der Waals surface area (Å²) >= 11 is 0. The summed E-state index contributed by atoms with van der Waals surface area (Å²) in [5.41, 5.74) is 7.33. The molecule has 242 valence electrons. The van der Waals surface area contributed by atoms with E-state index in [1.54, 1.807) is 0 Å². The number of aromatic nitrogens is 5. The van der Waals surface area contributed by atoms with Gasteiger partial charge in [0.25, 0.3) is 0 Å². The molecule has 7 aromatic carbocycles. The first-order valence-corrected chi connectivity index (χ1v) is 17.3. The molecule has 5 nitrogen and oxygen atoms in total. The third-order valence-electron chi connectivity index (χ3n) is 9.83. The summed E-state index contributed by atoms with van der Waals surface area (Å²) in [4.78, 5) is 23.7. The van der Waals surface area contributed by atoms with Crippen LogP contribution < -0.4 is 0 Å². The third kappa shape index (κ3) is 5.51. The van der Waals surface area contributed by atoms with E-state index in [9.17, 15) is 0 Å². The van der Waals surface area contributed by atoms with E-state index in [1.807, 2.05) is 36.9 Å². The van der Waals surface area contributed by atoms with Crippen LogP contribution in [0.25, 0.3) is 99.5 Å². The number of fused-ring (bicyclic) bond motifs is 4. The highest BCUT2D eigenvalue weighted by atomic mass is 15.0. The predicted molar refractivity (Wildman–Crippen MR) is 213 cm³/mol. The van der Waals surface area contributed by atoms with Gasteiger partial charge in [0, 0.05) is 52.3 Å². The van der Waals surface area contributed by atoms with E-state index >= 15 is 0 Å². The summed E-state index contributed by atoms with van der Waals surface area (Å²) in [5.74, 6) is 1.89. The first kappa shape index (κ1) is 29.8. The lowest BCUT2D eigenvalue weighted by Gasteiger charge is -2.11. The first-order valence-electron chi connectivity index (χ1n) is 17.3. The SMILES string of the molecule is c1ccc2cc3cc(-c4nc(-c5ccc(-c6ccc7cnccc7c6)cc5)nc(-c5ccc(-c6ccc7cnccc7c6)cc5)n4)ccc3cc2c1. The van der Waals surface area contributed by atoms with Gasteiger partial charge in [0.15, 0.2) is 17.5 Å². The fraction of sp³-hybridized carbons (Fsp3) is 0. The summed E-state index contributed by atoms with van der Waals surface area (Å²) in [6.45, 7) is 0. The molecule has 5 heteroatoms. The van der Waals surface area contributed by atoms with Crippen molar-refractivity contribution in [3.63, 3.8) is 0 Å². The second kappa shape index (κ2) is 12.3. The van der Waals surface area contributed by atoms with Crippen molar-refractivity contribution in [3.05, 3.63) is 176 Å². The average Bonchev–Trinajstić information content (AvgIpc) is 3.22. The molecule has 0 aliphatic heterocycles. The van der Waals surface area contributed by atoms with Crippen molar-refractivity contribution in [2.75, 3.05) is 0 Å². The van der Waals surface area contributed by atoms with Gasteiger partial charge < -0.3 is 0 Å². The lowest BCUT2D eigenvalue weighted by molar-refractivity contribution is 1.07. The molecular weight excluding hydrogens is 635 g/mol. The summed E-state index contributed by atoms with van der Waals surface area (Å²) < 4.78 is 0. The van der Waals surface area contributed by atoms with E-state index in [1.165, 1.54) is 16.2 Å². The van der Waals surface area contributed by atoms with Crippen LogP contribution in [0, 0.1) is 0 Å². The fourth-order valence-corrected chi connectivity index (χ4v) is 6.99. The maximum absolute atomic E-state index is 5.07. The van der Waals surface area contributed by atoms with Gasteiger partial charge in [-0.1, -0.05) is 109 Å². The van der Waals surface area contributed by atoms with Gasteiger partial charge in [-0.15, -0.1) is 0 Å². The van der Waals surface area contributed by atoms with Crippen LogP contribution in [0.15, 0.2) is 176 Å². The molecule has 0 bridgehead atoms. The van der Waals surface area contributed by atoms with E-state index in [-0.39, 0.29) is 0 Å². The number of rotatable bonds is 5. The van der Waals surface area contributed by atoms with Crippen molar-refractivity contribution >= 4 is 43.1 Å². The Hall–Kier alpha value is -7.11. The number of hydrogen-bond donors (Lipinski definition) is 0. The molecule has 10 aromatic rings. The van der Waals surface area contributed by atoms with Gasteiger partial charge >= 0.3 is 0 Å². The Balaban J connectivity index is 1.06. The van der Waals surface area contributed by atoms with Crippen molar-refractivity contribution in [2.24, 2.45) is 0 Å². The Morgan fingerprint density at radius 3 is 1.15 bits per heavy atom. The number of benzene rings is 7. The Morgan fingerprint density at radius 2 is 0.615 bits per heavy atom. The molecule has 52 heavy (non-hydrogen) atoms. The van der Waals surface area contributed by atoms with Crippen LogP contribution in [0.2, 0.25) is 0 Å². The molecule has 0 unspecified atom stereocenters. The zero-order chi connectivity index (χ0) is 34.4. The standard InChI is InChI=1S/C47H29N5/c1-2-4-35-26-44-27-41(16-13-38(44)23-34(35)3-1)47-51-45(32-9-5-30(6-10-32)36-14-17-42-28-48-21-19-39(42)24-36)50-46(52-47)33-11-7-31(8-12-33)37-15-18-43-29-49-22-20-40(43)25-37/h1-29H. The summed E-state index contributed by atoms with van der Waals surface area (Å²) in [6.07, 6.45) is 7.45. The van der Waals surface area contributed by atoms with Gasteiger partial charge in [0.05, 0.1) is 0 Å². The highest BCUT2D eigenvalue weighted by molar-refractivity contribution is 5.99. The molecule has 0 N–H and O–H groups in total. The molecule has 10 rings (SSSR count). The number of nitrogens with zero attached hydrogens (tertiary/aromatic N) is 5. The molecule has 0 amide bonds. The van der Waals surface area contributed by atoms with E-state index < -0.39 is 0 Å². The molecule has 0 atom stereocenters. The zero-order valence-corrected chi connectivity index (χ0v) is 28.0. The molecule has 0 aliphatic rings. The van der Waals surface area contributed by atoms with Gasteiger partial charge in [-0.05, 0) is 97.0 Å². The molecule has 0 spiro atoms. The number of hydrogen-bond acceptors (Lipinski definition) is 5. The van der Waals surface area contributed by atoms with Crippen molar-refractivity contribution in [2.45, 2.75) is 0 Å². The zero-order valence-electron chi connectivity index (χ0n) is 28.0. The van der Waals surface area contributed by atoms with Crippen molar-refractivity contribution in [1.29, 1.82) is 0 Å². The van der Waals surface area contributed by atoms with Crippen LogP contribution in [-0.4, -0.2) is 24.9 Å². The molecule has 0 radical (unpaired) electrons. The Bertz CT molecular complexity index is 2810. The topological polar surface area (TPSA) is 64.5 Å². The lowest BCUT2D eigenvalue weighted by Crippen LogP contribution is -2.00. The third-order valence-corrected chi connectivity index (χ3v) is 9.83. The largest absolute Gasteiger partial charge is 0.264 e. The molecule has 3 heterocycles. The molecule has 0 aliphatic carbocycles. The maximum Gasteiger partial charge on any atom is 0.164 e. The van der Waals surface area contributed by atoms with Crippen LogP contribution >= 0.6 is 0 Å². The van der Waals surface area contributed by atoms with Gasteiger partial charge in [0.2, 0.25) is 0 Å². The Morgan fingerprint density at radius 1 is 0.250 bits per heavy atom. The molecule has 0 saturated carbocycles. The van der Waals surface area contributed by atoms with E-state index in [0.29, 0.717) is 17.5 Å². The Kier molecular flexibility index (Phi) is 7.07.